The minimum atomic E-state index is -0.258. The van der Waals surface area contributed by atoms with Gasteiger partial charge in [-0.15, -0.1) is 0 Å². The van der Waals surface area contributed by atoms with Gasteiger partial charge in [-0.1, -0.05) is 0 Å². The summed E-state index contributed by atoms with van der Waals surface area (Å²) in [4.78, 5) is 7.61. The van der Waals surface area contributed by atoms with Gasteiger partial charge in [-0.2, -0.15) is 0 Å². The van der Waals surface area contributed by atoms with Gasteiger partial charge < -0.3 is 9.84 Å². The lowest BCUT2D eigenvalue weighted by molar-refractivity contribution is -0.0780. The van der Waals surface area contributed by atoms with Gasteiger partial charge >= 0.3 is 0 Å². The molecule has 0 spiro atoms. The summed E-state index contributed by atoms with van der Waals surface area (Å²) in [5.41, 5.74) is 0. The van der Waals surface area contributed by atoms with Crippen LogP contribution < -0.4 is 0 Å². The molecule has 0 aromatic rings. The van der Waals surface area contributed by atoms with Crippen molar-refractivity contribution in [2.75, 3.05) is 39.3 Å². The fraction of sp³-hybridized carbons (Fsp3) is 1.00. The summed E-state index contributed by atoms with van der Waals surface area (Å²) < 4.78 is 5.79. The van der Waals surface area contributed by atoms with Crippen molar-refractivity contribution in [1.29, 1.82) is 0 Å². The predicted molar refractivity (Wildman–Crippen MR) is 97.3 cm³/mol. The summed E-state index contributed by atoms with van der Waals surface area (Å²) in [6.45, 7) is 14.6. The zero-order chi connectivity index (χ0) is 17.3. The van der Waals surface area contributed by atoms with Crippen LogP contribution in [0.4, 0.5) is 0 Å². The molecular formula is C19H37N3O2. The first kappa shape index (κ1) is 18.6. The highest BCUT2D eigenvalue weighted by Gasteiger charge is 2.38. The molecule has 0 aromatic carbocycles. The van der Waals surface area contributed by atoms with E-state index in [1.165, 1.54) is 19.3 Å². The molecule has 0 radical (unpaired) electrons. The van der Waals surface area contributed by atoms with Crippen LogP contribution in [0.3, 0.4) is 0 Å². The van der Waals surface area contributed by atoms with Gasteiger partial charge in [0.05, 0.1) is 18.3 Å². The summed E-state index contributed by atoms with van der Waals surface area (Å²) >= 11 is 0. The van der Waals surface area contributed by atoms with E-state index in [0.717, 1.165) is 45.3 Å². The number of likely N-dealkylation sites (tertiary alicyclic amines) is 1. The van der Waals surface area contributed by atoms with Gasteiger partial charge in [-0.25, -0.2) is 0 Å². The summed E-state index contributed by atoms with van der Waals surface area (Å²) in [6, 6.07) is 2.09. The average Bonchev–Trinajstić information content (AvgIpc) is 2.76. The fourth-order valence-electron chi connectivity index (χ4n) is 5.28. The maximum Gasteiger partial charge on any atom is 0.0793 e. The van der Waals surface area contributed by atoms with Gasteiger partial charge in [0.2, 0.25) is 0 Å². The highest BCUT2D eigenvalue weighted by Crippen LogP contribution is 2.32. The topological polar surface area (TPSA) is 39.2 Å². The van der Waals surface area contributed by atoms with Crippen molar-refractivity contribution in [3.05, 3.63) is 0 Å². The van der Waals surface area contributed by atoms with E-state index in [2.05, 4.69) is 42.4 Å². The molecule has 2 bridgehead atoms. The molecule has 3 aliphatic heterocycles. The molecule has 0 aliphatic carbocycles. The lowest BCUT2D eigenvalue weighted by Crippen LogP contribution is -2.50. The third-order valence-corrected chi connectivity index (χ3v) is 5.95. The molecule has 0 aromatic heterocycles. The Morgan fingerprint density at radius 1 is 0.917 bits per heavy atom. The predicted octanol–water partition coefficient (Wildman–Crippen LogP) is 1.40. The SMILES string of the molecule is CC1CN(CC(O)CN2CCC3CCC(C2)N3C(C)C)CC(C)O1. The molecule has 0 amide bonds. The van der Waals surface area contributed by atoms with E-state index in [-0.39, 0.29) is 18.3 Å². The molecule has 5 nitrogen and oxygen atoms in total. The van der Waals surface area contributed by atoms with E-state index >= 15 is 0 Å². The molecule has 5 heteroatoms. The second-order valence-electron chi connectivity index (χ2n) is 8.60. The Labute approximate surface area is 147 Å². The molecule has 3 aliphatic rings. The molecule has 3 rings (SSSR count). The van der Waals surface area contributed by atoms with Gasteiger partial charge in [0.25, 0.3) is 0 Å². The van der Waals surface area contributed by atoms with Crippen LogP contribution in [0.2, 0.25) is 0 Å². The van der Waals surface area contributed by atoms with Crippen molar-refractivity contribution in [2.24, 2.45) is 0 Å². The summed E-state index contributed by atoms with van der Waals surface area (Å²) in [6.07, 6.45) is 4.24. The third-order valence-electron chi connectivity index (χ3n) is 5.95. The van der Waals surface area contributed by atoms with Crippen LogP contribution in [0.1, 0.15) is 47.0 Å². The van der Waals surface area contributed by atoms with Crippen LogP contribution >= 0.6 is 0 Å². The molecule has 5 unspecified atom stereocenters. The summed E-state index contributed by atoms with van der Waals surface area (Å²) in [7, 11) is 0. The van der Waals surface area contributed by atoms with Crippen LogP contribution in [0.25, 0.3) is 0 Å². The second-order valence-corrected chi connectivity index (χ2v) is 8.60. The average molecular weight is 340 g/mol. The van der Waals surface area contributed by atoms with E-state index in [0.29, 0.717) is 12.1 Å². The van der Waals surface area contributed by atoms with Crippen molar-refractivity contribution in [3.8, 4) is 0 Å². The normalized spacial score (nSPS) is 37.8. The van der Waals surface area contributed by atoms with E-state index in [4.69, 9.17) is 4.74 Å². The van der Waals surface area contributed by atoms with E-state index in [1.807, 2.05) is 0 Å². The van der Waals surface area contributed by atoms with Crippen molar-refractivity contribution >= 4 is 0 Å². The maximum absolute atomic E-state index is 10.6. The third kappa shape index (κ3) is 4.50. The van der Waals surface area contributed by atoms with Gasteiger partial charge in [-0.3, -0.25) is 14.7 Å². The smallest absolute Gasteiger partial charge is 0.0793 e. The Morgan fingerprint density at radius 2 is 1.54 bits per heavy atom. The van der Waals surface area contributed by atoms with Crippen molar-refractivity contribution in [1.82, 2.24) is 14.7 Å². The number of fused-ring (bicyclic) bond motifs is 2. The minimum absolute atomic E-state index is 0.258. The minimum Gasteiger partial charge on any atom is -0.390 e. The number of aliphatic hydroxyl groups is 1. The lowest BCUT2D eigenvalue weighted by atomic mass is 10.1. The van der Waals surface area contributed by atoms with Gasteiger partial charge in [0.1, 0.15) is 0 Å². The highest BCUT2D eigenvalue weighted by molar-refractivity contribution is 4.94. The molecule has 140 valence electrons. The fourth-order valence-corrected chi connectivity index (χ4v) is 5.28. The summed E-state index contributed by atoms with van der Waals surface area (Å²) in [5, 5.41) is 10.6. The number of nitrogens with zero attached hydrogens (tertiary/aromatic N) is 3. The van der Waals surface area contributed by atoms with Gasteiger partial charge in [0.15, 0.2) is 0 Å². The molecule has 3 saturated heterocycles. The maximum atomic E-state index is 10.6. The number of rotatable bonds is 5. The molecular weight excluding hydrogens is 302 g/mol. The number of ether oxygens (including phenoxy) is 1. The largest absolute Gasteiger partial charge is 0.390 e. The van der Waals surface area contributed by atoms with Gasteiger partial charge in [-0.05, 0) is 53.5 Å². The zero-order valence-electron chi connectivity index (χ0n) is 16.0. The number of morpholine rings is 1. The molecule has 5 atom stereocenters. The molecule has 24 heavy (non-hydrogen) atoms. The Kier molecular flexibility index (Phi) is 6.20. The van der Waals surface area contributed by atoms with E-state index in [9.17, 15) is 5.11 Å². The highest BCUT2D eigenvalue weighted by atomic mass is 16.5. The van der Waals surface area contributed by atoms with Crippen LogP contribution in [-0.2, 0) is 4.74 Å². The van der Waals surface area contributed by atoms with E-state index < -0.39 is 0 Å². The first-order valence-electron chi connectivity index (χ1n) is 9.98. The number of hydrogen-bond donors (Lipinski definition) is 1. The molecule has 3 fully saturated rings. The first-order valence-corrected chi connectivity index (χ1v) is 9.98. The summed E-state index contributed by atoms with van der Waals surface area (Å²) in [5.74, 6) is 0. The standard InChI is InChI=1S/C19H37N3O2/c1-14(2)22-17-5-6-18(22)11-20(8-7-17)12-19(23)13-21-9-15(3)24-16(4)10-21/h14-19,23H,5-13H2,1-4H3. The van der Waals surface area contributed by atoms with Gasteiger partial charge in [0, 0.05) is 50.8 Å². The quantitative estimate of drug-likeness (QED) is 0.820. The van der Waals surface area contributed by atoms with Crippen molar-refractivity contribution < 1.29 is 9.84 Å². The Morgan fingerprint density at radius 3 is 2.21 bits per heavy atom. The number of aliphatic hydroxyl groups excluding tert-OH is 1. The molecule has 0 saturated carbocycles. The number of β-amino-alcohol motifs (C(OH)–C–C–N with tert-alkyl or cyclic N) is 1. The second kappa shape index (κ2) is 8.00. The number of hydrogen-bond acceptors (Lipinski definition) is 5. The Hall–Kier alpha value is -0.200. The van der Waals surface area contributed by atoms with Crippen LogP contribution in [0, 0.1) is 0 Å². The Balaban J connectivity index is 1.49. The zero-order valence-corrected chi connectivity index (χ0v) is 16.0. The van der Waals surface area contributed by atoms with E-state index in [1.54, 1.807) is 0 Å². The van der Waals surface area contributed by atoms with Crippen molar-refractivity contribution in [2.45, 2.75) is 83.4 Å². The van der Waals surface area contributed by atoms with Crippen LogP contribution in [0.15, 0.2) is 0 Å². The first-order chi connectivity index (χ1) is 11.4. The van der Waals surface area contributed by atoms with Crippen molar-refractivity contribution in [3.63, 3.8) is 0 Å². The molecule has 1 N–H and O–H groups in total. The van der Waals surface area contributed by atoms with Crippen LogP contribution in [0.5, 0.6) is 0 Å². The molecule has 3 heterocycles. The monoisotopic (exact) mass is 339 g/mol. The Bertz CT molecular complexity index is 396. The lowest BCUT2D eigenvalue weighted by Gasteiger charge is -2.37. The van der Waals surface area contributed by atoms with Crippen LogP contribution in [-0.4, -0.2) is 95.5 Å².